The molecule has 0 N–H and O–H groups in total. The second-order valence-electron chi connectivity index (χ2n) is 9.75. The first-order valence-electron chi connectivity index (χ1n) is 12.7. The summed E-state index contributed by atoms with van der Waals surface area (Å²) in [5.41, 5.74) is -0.0791. The molecular formula is C30H35NO7. The number of methoxy groups -OCH3 is 1. The van der Waals surface area contributed by atoms with Gasteiger partial charge >= 0.3 is 11.9 Å². The molecule has 0 bridgehead atoms. The number of aromatic nitrogens is 1. The van der Waals surface area contributed by atoms with Crippen molar-refractivity contribution in [1.29, 1.82) is 0 Å². The minimum Gasteiger partial charge on any atom is -0.493 e. The quantitative estimate of drug-likeness (QED) is 0.218. The van der Waals surface area contributed by atoms with Crippen molar-refractivity contribution in [1.82, 2.24) is 4.98 Å². The fourth-order valence-corrected chi connectivity index (χ4v) is 4.08. The van der Waals surface area contributed by atoms with Crippen molar-refractivity contribution < 1.29 is 33.3 Å². The van der Waals surface area contributed by atoms with Gasteiger partial charge in [0.1, 0.15) is 18.0 Å². The highest BCUT2D eigenvalue weighted by atomic mass is 16.6. The zero-order valence-corrected chi connectivity index (χ0v) is 22.7. The molecule has 0 aliphatic rings. The highest BCUT2D eigenvalue weighted by Crippen LogP contribution is 2.31. The van der Waals surface area contributed by atoms with E-state index < -0.39 is 29.7 Å². The molecule has 0 saturated carbocycles. The summed E-state index contributed by atoms with van der Waals surface area (Å²) in [5, 5.41) is 2.17. The van der Waals surface area contributed by atoms with Crippen LogP contribution < -0.4 is 14.2 Å². The van der Waals surface area contributed by atoms with Gasteiger partial charge in [-0.25, -0.2) is 4.98 Å². The Hall–Kier alpha value is -3.94. The summed E-state index contributed by atoms with van der Waals surface area (Å²) in [5.74, 6) is -1.24. The van der Waals surface area contributed by atoms with Crippen molar-refractivity contribution in [2.24, 2.45) is 11.8 Å². The first-order chi connectivity index (χ1) is 18.1. The molecule has 1 aromatic heterocycles. The van der Waals surface area contributed by atoms with E-state index >= 15 is 0 Å². The van der Waals surface area contributed by atoms with Gasteiger partial charge in [-0.1, -0.05) is 51.1 Å². The molecule has 3 atom stereocenters. The predicted molar refractivity (Wildman–Crippen MR) is 144 cm³/mol. The SMILES string of the molecule is COc1ccnc(C(=O)C[C@@H](C)C(=O)O[C@@H](C)[C@@H](CC(C)C)Oc2ccc3ccccc3c2)c1OC(C)=O. The van der Waals surface area contributed by atoms with Crippen LogP contribution in [0.3, 0.4) is 0 Å². The summed E-state index contributed by atoms with van der Waals surface area (Å²) in [6.07, 6.45) is 0.943. The van der Waals surface area contributed by atoms with E-state index in [-0.39, 0.29) is 29.7 Å². The number of ketones is 1. The zero-order chi connectivity index (χ0) is 27.8. The molecule has 8 nitrogen and oxygen atoms in total. The van der Waals surface area contributed by atoms with Crippen LogP contribution >= 0.6 is 0 Å². The Bertz CT molecular complexity index is 1290. The number of rotatable bonds is 12. The lowest BCUT2D eigenvalue weighted by Crippen LogP contribution is -2.36. The van der Waals surface area contributed by atoms with Crippen LogP contribution in [-0.4, -0.2) is 42.0 Å². The van der Waals surface area contributed by atoms with Crippen LogP contribution in [0.1, 0.15) is 57.9 Å². The van der Waals surface area contributed by atoms with Gasteiger partial charge in [-0.3, -0.25) is 14.4 Å². The summed E-state index contributed by atoms with van der Waals surface area (Å²) in [7, 11) is 1.39. The summed E-state index contributed by atoms with van der Waals surface area (Å²) in [6, 6.07) is 15.4. The number of carbonyl (C=O) groups is 3. The Morgan fingerprint density at radius 2 is 1.66 bits per heavy atom. The lowest BCUT2D eigenvalue weighted by atomic mass is 10.0. The highest BCUT2D eigenvalue weighted by Gasteiger charge is 2.29. The van der Waals surface area contributed by atoms with Crippen molar-refractivity contribution >= 4 is 28.5 Å². The summed E-state index contributed by atoms with van der Waals surface area (Å²) in [6.45, 7) is 8.78. The molecule has 0 saturated heterocycles. The molecule has 202 valence electrons. The Kier molecular flexibility index (Phi) is 9.82. The maximum atomic E-state index is 13.0. The Morgan fingerprint density at radius 1 is 0.947 bits per heavy atom. The Morgan fingerprint density at radius 3 is 2.32 bits per heavy atom. The molecular weight excluding hydrogens is 486 g/mol. The first-order valence-corrected chi connectivity index (χ1v) is 12.7. The van der Waals surface area contributed by atoms with Gasteiger partial charge < -0.3 is 18.9 Å². The van der Waals surface area contributed by atoms with Gasteiger partial charge in [-0.15, -0.1) is 0 Å². The molecule has 0 spiro atoms. The standard InChI is InChI=1S/C30H35NO7/c1-18(2)15-27(38-24-12-11-22-9-7-8-10-23(22)17-24)20(4)36-30(34)19(3)16-25(33)28-29(37-21(5)32)26(35-6)13-14-31-28/h7-14,17-20,27H,15-16H2,1-6H3/t19-,20+,27-/m1/s1. The molecule has 0 fully saturated rings. The van der Waals surface area contributed by atoms with E-state index in [1.807, 2.05) is 42.5 Å². The number of hydrogen-bond acceptors (Lipinski definition) is 8. The van der Waals surface area contributed by atoms with Crippen LogP contribution in [0.25, 0.3) is 10.8 Å². The van der Waals surface area contributed by atoms with Crippen molar-refractivity contribution in [3.63, 3.8) is 0 Å². The van der Waals surface area contributed by atoms with E-state index in [0.29, 0.717) is 18.1 Å². The predicted octanol–water partition coefficient (Wildman–Crippen LogP) is 5.80. The number of esters is 2. The Labute approximate surface area is 223 Å². The monoisotopic (exact) mass is 521 g/mol. The topological polar surface area (TPSA) is 101 Å². The summed E-state index contributed by atoms with van der Waals surface area (Å²) < 4.78 is 22.4. The average molecular weight is 522 g/mol. The average Bonchev–Trinajstić information content (AvgIpc) is 2.87. The van der Waals surface area contributed by atoms with E-state index in [0.717, 1.165) is 10.8 Å². The van der Waals surface area contributed by atoms with Gasteiger partial charge in [-0.05, 0) is 42.2 Å². The molecule has 2 aromatic carbocycles. The fraction of sp³-hybridized carbons (Fsp3) is 0.400. The van der Waals surface area contributed by atoms with E-state index in [2.05, 4.69) is 18.8 Å². The van der Waals surface area contributed by atoms with E-state index in [9.17, 15) is 14.4 Å². The number of Topliss-reactive ketones (excluding diaryl/α,β-unsaturated/α-hetero) is 1. The third-order valence-electron chi connectivity index (χ3n) is 6.03. The third kappa shape index (κ3) is 7.54. The number of hydrogen-bond donors (Lipinski definition) is 0. The maximum Gasteiger partial charge on any atom is 0.309 e. The molecule has 3 rings (SSSR count). The van der Waals surface area contributed by atoms with Gasteiger partial charge in [0, 0.05) is 25.6 Å². The fourth-order valence-electron chi connectivity index (χ4n) is 4.08. The number of nitrogens with zero attached hydrogens (tertiary/aromatic N) is 1. The molecule has 1 heterocycles. The second-order valence-corrected chi connectivity index (χ2v) is 9.75. The molecule has 0 aliphatic carbocycles. The van der Waals surface area contributed by atoms with Crippen LogP contribution in [0.5, 0.6) is 17.2 Å². The van der Waals surface area contributed by atoms with E-state index in [4.69, 9.17) is 18.9 Å². The summed E-state index contributed by atoms with van der Waals surface area (Å²) >= 11 is 0. The molecule has 0 radical (unpaired) electrons. The second kappa shape index (κ2) is 13.0. The summed E-state index contributed by atoms with van der Waals surface area (Å²) in [4.78, 5) is 41.6. The number of benzene rings is 2. The number of pyridine rings is 1. The van der Waals surface area contributed by atoms with Crippen LogP contribution in [0, 0.1) is 11.8 Å². The van der Waals surface area contributed by atoms with Crippen molar-refractivity contribution in [3.8, 4) is 17.2 Å². The molecule has 3 aromatic rings. The first kappa shape index (κ1) is 28.6. The molecule has 8 heteroatoms. The molecule has 0 aliphatic heterocycles. The number of fused-ring (bicyclic) bond motifs is 1. The minimum absolute atomic E-state index is 0.0674. The van der Waals surface area contributed by atoms with Crippen LogP contribution in [0.15, 0.2) is 54.7 Å². The molecule has 0 unspecified atom stereocenters. The van der Waals surface area contributed by atoms with Gasteiger partial charge in [0.05, 0.1) is 13.0 Å². The van der Waals surface area contributed by atoms with Crippen molar-refractivity contribution in [2.45, 2.75) is 59.7 Å². The Balaban J connectivity index is 1.69. The van der Waals surface area contributed by atoms with Gasteiger partial charge in [-0.2, -0.15) is 0 Å². The van der Waals surface area contributed by atoms with Gasteiger partial charge in [0.25, 0.3) is 0 Å². The van der Waals surface area contributed by atoms with Crippen LogP contribution in [0.2, 0.25) is 0 Å². The van der Waals surface area contributed by atoms with Crippen molar-refractivity contribution in [2.75, 3.05) is 7.11 Å². The normalized spacial score (nSPS) is 13.4. The molecule has 0 amide bonds. The number of ether oxygens (including phenoxy) is 4. The van der Waals surface area contributed by atoms with Gasteiger partial charge in [0.2, 0.25) is 5.75 Å². The highest BCUT2D eigenvalue weighted by molar-refractivity contribution is 6.00. The lowest BCUT2D eigenvalue weighted by Gasteiger charge is -2.27. The minimum atomic E-state index is -0.761. The largest absolute Gasteiger partial charge is 0.493 e. The maximum absolute atomic E-state index is 13.0. The number of carbonyl (C=O) groups excluding carboxylic acids is 3. The van der Waals surface area contributed by atoms with Gasteiger partial charge in [0.15, 0.2) is 17.2 Å². The van der Waals surface area contributed by atoms with Crippen LogP contribution in [-0.2, 0) is 14.3 Å². The van der Waals surface area contributed by atoms with E-state index in [1.54, 1.807) is 13.8 Å². The van der Waals surface area contributed by atoms with E-state index in [1.165, 1.54) is 26.3 Å². The lowest BCUT2D eigenvalue weighted by molar-refractivity contribution is -0.157. The zero-order valence-electron chi connectivity index (χ0n) is 22.7. The van der Waals surface area contributed by atoms with Crippen LogP contribution in [0.4, 0.5) is 0 Å². The smallest absolute Gasteiger partial charge is 0.309 e. The van der Waals surface area contributed by atoms with Crippen molar-refractivity contribution in [3.05, 3.63) is 60.4 Å². The third-order valence-corrected chi connectivity index (χ3v) is 6.03. The molecule has 38 heavy (non-hydrogen) atoms.